The van der Waals surface area contributed by atoms with Crippen molar-refractivity contribution in [2.24, 2.45) is 0 Å². The third-order valence-electron chi connectivity index (χ3n) is 3.17. The first-order valence-electron chi connectivity index (χ1n) is 6.10. The van der Waals surface area contributed by atoms with Gasteiger partial charge in [0.25, 0.3) is 0 Å². The van der Waals surface area contributed by atoms with Gasteiger partial charge >= 0.3 is 5.97 Å². The fourth-order valence-corrected chi connectivity index (χ4v) is 1.98. The SMILES string of the molecule is C[C@@H]1O[C@H](Oc2ccccc2C(=O)O)[C@@H](O)[C@H](O)[C@H]1O. The van der Waals surface area contributed by atoms with Gasteiger partial charge in [0, 0.05) is 0 Å². The highest BCUT2D eigenvalue weighted by molar-refractivity contribution is 5.90. The van der Waals surface area contributed by atoms with Crippen LogP contribution in [0, 0.1) is 0 Å². The molecule has 7 heteroatoms. The molecule has 1 saturated heterocycles. The van der Waals surface area contributed by atoms with Gasteiger partial charge in [0.15, 0.2) is 0 Å². The average molecular weight is 284 g/mol. The molecule has 0 radical (unpaired) electrons. The highest BCUT2D eigenvalue weighted by Gasteiger charge is 2.43. The molecular weight excluding hydrogens is 268 g/mol. The Morgan fingerprint density at radius 3 is 2.45 bits per heavy atom. The normalized spacial score (nSPS) is 33.7. The predicted molar refractivity (Wildman–Crippen MR) is 66.4 cm³/mol. The number of ether oxygens (including phenoxy) is 2. The van der Waals surface area contributed by atoms with Crippen LogP contribution >= 0.6 is 0 Å². The maximum Gasteiger partial charge on any atom is 0.339 e. The van der Waals surface area contributed by atoms with Crippen LogP contribution in [0.25, 0.3) is 0 Å². The lowest BCUT2D eigenvalue weighted by Crippen LogP contribution is -2.58. The number of aromatic carboxylic acids is 1. The van der Waals surface area contributed by atoms with Gasteiger partial charge in [-0.25, -0.2) is 4.79 Å². The molecule has 0 aliphatic carbocycles. The molecule has 0 unspecified atom stereocenters. The lowest BCUT2D eigenvalue weighted by molar-refractivity contribution is -0.268. The average Bonchev–Trinajstić information content (AvgIpc) is 2.43. The highest BCUT2D eigenvalue weighted by atomic mass is 16.7. The van der Waals surface area contributed by atoms with Crippen molar-refractivity contribution in [1.82, 2.24) is 0 Å². The van der Waals surface area contributed by atoms with Gasteiger partial charge in [0.1, 0.15) is 29.6 Å². The second kappa shape index (κ2) is 5.76. The van der Waals surface area contributed by atoms with Crippen molar-refractivity contribution in [3.05, 3.63) is 29.8 Å². The van der Waals surface area contributed by atoms with E-state index in [9.17, 15) is 20.1 Å². The highest BCUT2D eigenvalue weighted by Crippen LogP contribution is 2.26. The van der Waals surface area contributed by atoms with Crippen LogP contribution in [0.15, 0.2) is 24.3 Å². The summed E-state index contributed by atoms with van der Waals surface area (Å²) in [6, 6.07) is 5.88. The van der Waals surface area contributed by atoms with Crippen LogP contribution in [0.5, 0.6) is 5.75 Å². The van der Waals surface area contributed by atoms with Crippen LogP contribution in [-0.2, 0) is 4.74 Å². The molecule has 0 spiro atoms. The van der Waals surface area contributed by atoms with Gasteiger partial charge in [-0.15, -0.1) is 0 Å². The minimum absolute atomic E-state index is 0.0137. The first kappa shape index (κ1) is 14.7. The smallest absolute Gasteiger partial charge is 0.339 e. The standard InChI is InChI=1S/C13H16O7/c1-6-9(14)10(15)11(16)13(19-6)20-8-5-3-2-4-7(8)12(17)18/h2-6,9-11,13-16H,1H3,(H,17,18)/t6-,9-,10+,11-,13+/m0/s1. The Bertz CT molecular complexity index is 489. The van der Waals surface area contributed by atoms with Crippen molar-refractivity contribution in [3.63, 3.8) is 0 Å². The van der Waals surface area contributed by atoms with Gasteiger partial charge in [-0.2, -0.15) is 0 Å². The van der Waals surface area contributed by atoms with Gasteiger partial charge in [-0.05, 0) is 19.1 Å². The Balaban J connectivity index is 2.20. The summed E-state index contributed by atoms with van der Waals surface area (Å²) in [5.41, 5.74) is -0.0865. The quantitative estimate of drug-likeness (QED) is 0.596. The van der Waals surface area contributed by atoms with E-state index in [4.69, 9.17) is 14.6 Å². The Hall–Kier alpha value is -1.67. The molecule has 5 atom stereocenters. The molecule has 7 nitrogen and oxygen atoms in total. The van der Waals surface area contributed by atoms with Crippen LogP contribution in [-0.4, -0.2) is 57.1 Å². The molecule has 1 aliphatic rings. The van der Waals surface area contributed by atoms with Crippen molar-refractivity contribution in [2.75, 3.05) is 0 Å². The van der Waals surface area contributed by atoms with E-state index in [2.05, 4.69) is 0 Å². The summed E-state index contributed by atoms with van der Waals surface area (Å²) in [4.78, 5) is 11.1. The molecule has 1 aliphatic heterocycles. The molecule has 1 aromatic carbocycles. The van der Waals surface area contributed by atoms with E-state index in [1.807, 2.05) is 0 Å². The molecule has 0 saturated carbocycles. The second-order valence-corrected chi connectivity index (χ2v) is 4.60. The van der Waals surface area contributed by atoms with E-state index in [-0.39, 0.29) is 11.3 Å². The van der Waals surface area contributed by atoms with E-state index in [0.29, 0.717) is 0 Å². The number of para-hydroxylation sites is 1. The third kappa shape index (κ3) is 2.75. The van der Waals surface area contributed by atoms with Crippen LogP contribution in [0.1, 0.15) is 17.3 Å². The topological polar surface area (TPSA) is 116 Å². The van der Waals surface area contributed by atoms with E-state index in [0.717, 1.165) is 0 Å². The summed E-state index contributed by atoms with van der Waals surface area (Å²) in [6.45, 7) is 1.51. The van der Waals surface area contributed by atoms with Gasteiger partial charge in [0.05, 0.1) is 6.10 Å². The predicted octanol–water partition coefficient (Wildman–Crippen LogP) is -0.409. The summed E-state index contributed by atoms with van der Waals surface area (Å²) in [6.07, 6.45) is -6.16. The molecule has 0 aromatic heterocycles. The Kier molecular flexibility index (Phi) is 4.24. The first-order chi connectivity index (χ1) is 9.41. The zero-order valence-corrected chi connectivity index (χ0v) is 10.7. The van der Waals surface area contributed by atoms with E-state index >= 15 is 0 Å². The lowest BCUT2D eigenvalue weighted by atomic mass is 10.00. The fourth-order valence-electron chi connectivity index (χ4n) is 1.98. The maximum atomic E-state index is 11.1. The number of rotatable bonds is 3. The van der Waals surface area contributed by atoms with Gasteiger partial charge in [-0.3, -0.25) is 0 Å². The van der Waals surface area contributed by atoms with Crippen LogP contribution < -0.4 is 4.74 Å². The van der Waals surface area contributed by atoms with E-state index in [1.54, 1.807) is 6.07 Å². The minimum Gasteiger partial charge on any atom is -0.478 e. The van der Waals surface area contributed by atoms with Crippen molar-refractivity contribution in [2.45, 2.75) is 37.6 Å². The summed E-state index contributed by atoms with van der Waals surface area (Å²) in [5, 5.41) is 38.1. The molecule has 0 bridgehead atoms. The number of carboxylic acids is 1. The zero-order valence-electron chi connectivity index (χ0n) is 10.7. The van der Waals surface area contributed by atoms with E-state index in [1.165, 1.54) is 25.1 Å². The third-order valence-corrected chi connectivity index (χ3v) is 3.17. The molecule has 0 amide bonds. The van der Waals surface area contributed by atoms with Gasteiger partial charge < -0.3 is 29.9 Å². The number of aliphatic hydroxyl groups is 3. The molecule has 2 rings (SSSR count). The number of benzene rings is 1. The Morgan fingerprint density at radius 2 is 1.80 bits per heavy atom. The zero-order chi connectivity index (χ0) is 14.9. The molecule has 20 heavy (non-hydrogen) atoms. The van der Waals surface area contributed by atoms with E-state index < -0.39 is 36.7 Å². The fraction of sp³-hybridized carbons (Fsp3) is 0.462. The molecule has 1 fully saturated rings. The molecule has 4 N–H and O–H groups in total. The molecule has 110 valence electrons. The Labute approximate surface area is 115 Å². The number of aliphatic hydroxyl groups excluding tert-OH is 3. The number of hydrogen-bond donors (Lipinski definition) is 4. The summed E-state index contributed by atoms with van der Waals surface area (Å²) < 4.78 is 10.6. The summed E-state index contributed by atoms with van der Waals surface area (Å²) in [7, 11) is 0. The molecule has 1 aromatic rings. The summed E-state index contributed by atoms with van der Waals surface area (Å²) >= 11 is 0. The monoisotopic (exact) mass is 284 g/mol. The lowest BCUT2D eigenvalue weighted by Gasteiger charge is -2.39. The van der Waals surface area contributed by atoms with Gasteiger partial charge in [0.2, 0.25) is 6.29 Å². The van der Waals surface area contributed by atoms with Crippen LogP contribution in [0.4, 0.5) is 0 Å². The second-order valence-electron chi connectivity index (χ2n) is 4.60. The van der Waals surface area contributed by atoms with Crippen molar-refractivity contribution >= 4 is 5.97 Å². The maximum absolute atomic E-state index is 11.1. The van der Waals surface area contributed by atoms with Crippen molar-refractivity contribution < 1.29 is 34.7 Å². The molecular formula is C13H16O7. The van der Waals surface area contributed by atoms with Gasteiger partial charge in [-0.1, -0.05) is 12.1 Å². The van der Waals surface area contributed by atoms with Crippen molar-refractivity contribution in [3.8, 4) is 5.75 Å². The van der Waals surface area contributed by atoms with Crippen LogP contribution in [0.3, 0.4) is 0 Å². The Morgan fingerprint density at radius 1 is 1.15 bits per heavy atom. The van der Waals surface area contributed by atoms with Crippen LogP contribution in [0.2, 0.25) is 0 Å². The largest absolute Gasteiger partial charge is 0.478 e. The first-order valence-corrected chi connectivity index (χ1v) is 6.10. The van der Waals surface area contributed by atoms with Crippen molar-refractivity contribution in [1.29, 1.82) is 0 Å². The number of hydrogen-bond acceptors (Lipinski definition) is 6. The summed E-state index contributed by atoms with van der Waals surface area (Å²) in [5.74, 6) is -1.17. The minimum atomic E-state index is -1.48. The number of carboxylic acid groups (broad SMARTS) is 1. The molecule has 1 heterocycles. The number of carbonyl (C=O) groups is 1.